The molecule has 0 saturated heterocycles. The van der Waals surface area contributed by atoms with E-state index in [2.05, 4.69) is 44.7 Å². The second-order valence-electron chi connectivity index (χ2n) is 5.07. The van der Waals surface area contributed by atoms with E-state index >= 15 is 0 Å². The molecule has 2 aromatic heterocycles. The Morgan fingerprint density at radius 2 is 2.13 bits per heavy atom. The van der Waals surface area contributed by atoms with Gasteiger partial charge in [-0.2, -0.15) is 0 Å². The van der Waals surface area contributed by atoms with E-state index in [1.165, 1.54) is 0 Å². The molecule has 0 aliphatic rings. The van der Waals surface area contributed by atoms with E-state index in [4.69, 9.17) is 4.42 Å². The zero-order chi connectivity index (χ0) is 15.8. The summed E-state index contributed by atoms with van der Waals surface area (Å²) in [5.74, 6) is 3.37. The van der Waals surface area contributed by atoms with E-state index in [0.29, 0.717) is 24.0 Å². The summed E-state index contributed by atoms with van der Waals surface area (Å²) in [6.45, 7) is 5.85. The van der Waals surface area contributed by atoms with E-state index in [1.807, 2.05) is 12.1 Å². The lowest BCUT2D eigenvalue weighted by Crippen LogP contribution is -2.39. The highest BCUT2D eigenvalue weighted by molar-refractivity contribution is 14.0. The van der Waals surface area contributed by atoms with Crippen LogP contribution in [-0.4, -0.2) is 34.7 Å². The first-order chi connectivity index (χ1) is 10.8. The average molecular weight is 432 g/mol. The summed E-state index contributed by atoms with van der Waals surface area (Å²) in [5, 5.41) is 13.6. The van der Waals surface area contributed by atoms with Crippen LogP contribution in [0, 0.1) is 5.92 Å². The van der Waals surface area contributed by atoms with Gasteiger partial charge in [0.15, 0.2) is 11.7 Å². The first kappa shape index (κ1) is 19.5. The molecule has 0 spiro atoms. The predicted molar refractivity (Wildman–Crippen MR) is 102 cm³/mol. The van der Waals surface area contributed by atoms with Crippen LogP contribution >= 0.6 is 24.0 Å². The molecule has 23 heavy (non-hydrogen) atoms. The molecule has 3 N–H and O–H groups in total. The van der Waals surface area contributed by atoms with Crippen LogP contribution in [0.2, 0.25) is 0 Å². The predicted octanol–water partition coefficient (Wildman–Crippen LogP) is 2.78. The van der Waals surface area contributed by atoms with Gasteiger partial charge in [0.25, 0.3) is 0 Å². The Bertz CT molecular complexity index is 577. The second kappa shape index (κ2) is 10.2. The number of H-pyrrole nitrogens is 1. The molecule has 0 amide bonds. The van der Waals surface area contributed by atoms with Crippen LogP contribution in [0.4, 0.5) is 0 Å². The summed E-state index contributed by atoms with van der Waals surface area (Å²) < 4.78 is 5.27. The van der Waals surface area contributed by atoms with Gasteiger partial charge in [0.1, 0.15) is 5.82 Å². The lowest BCUT2D eigenvalue weighted by molar-refractivity contribution is 0.481. The number of guanidine groups is 1. The van der Waals surface area contributed by atoms with Crippen molar-refractivity contribution in [1.82, 2.24) is 25.8 Å². The summed E-state index contributed by atoms with van der Waals surface area (Å²) in [6, 6.07) is 3.64. The number of rotatable bonds is 7. The highest BCUT2D eigenvalue weighted by Gasteiger charge is 2.09. The SMILES string of the molecule is CCC(CC)CNC(=NC)NCc1nc(-c2ccco2)n[nH]1.I. The molecule has 2 rings (SSSR count). The number of nitrogens with zero attached hydrogens (tertiary/aromatic N) is 3. The van der Waals surface area contributed by atoms with Gasteiger partial charge in [0.05, 0.1) is 12.8 Å². The maximum Gasteiger partial charge on any atom is 0.216 e. The Morgan fingerprint density at radius 3 is 2.74 bits per heavy atom. The summed E-state index contributed by atoms with van der Waals surface area (Å²) in [6.07, 6.45) is 3.93. The van der Waals surface area contributed by atoms with Crippen LogP contribution in [-0.2, 0) is 6.54 Å². The van der Waals surface area contributed by atoms with Gasteiger partial charge in [0.2, 0.25) is 5.82 Å². The summed E-state index contributed by atoms with van der Waals surface area (Å²) in [7, 11) is 1.76. The molecule has 0 saturated carbocycles. The van der Waals surface area contributed by atoms with Gasteiger partial charge >= 0.3 is 0 Å². The highest BCUT2D eigenvalue weighted by atomic mass is 127. The van der Waals surface area contributed by atoms with Crippen molar-refractivity contribution in [3.05, 3.63) is 24.2 Å². The first-order valence-electron chi connectivity index (χ1n) is 7.66. The summed E-state index contributed by atoms with van der Waals surface area (Å²) in [5.41, 5.74) is 0. The van der Waals surface area contributed by atoms with E-state index in [-0.39, 0.29) is 24.0 Å². The Morgan fingerprint density at radius 1 is 1.35 bits per heavy atom. The van der Waals surface area contributed by atoms with Gasteiger partial charge in [-0.3, -0.25) is 10.1 Å². The third kappa shape index (κ3) is 5.85. The molecule has 0 aliphatic heterocycles. The van der Waals surface area contributed by atoms with Crippen molar-refractivity contribution in [2.75, 3.05) is 13.6 Å². The quantitative estimate of drug-likeness (QED) is 0.356. The molecule has 0 unspecified atom stereocenters. The molecule has 7 nitrogen and oxygen atoms in total. The van der Waals surface area contributed by atoms with Crippen LogP contribution in [0.3, 0.4) is 0 Å². The van der Waals surface area contributed by atoms with Crippen molar-refractivity contribution in [3.8, 4) is 11.6 Å². The molecule has 2 aromatic rings. The number of nitrogens with one attached hydrogen (secondary N) is 3. The summed E-state index contributed by atoms with van der Waals surface area (Å²) >= 11 is 0. The van der Waals surface area contributed by atoms with E-state index in [1.54, 1.807) is 13.3 Å². The molecular weight excluding hydrogens is 407 g/mol. The Labute approximate surface area is 153 Å². The molecule has 2 heterocycles. The van der Waals surface area contributed by atoms with Gasteiger partial charge < -0.3 is 15.1 Å². The fourth-order valence-corrected chi connectivity index (χ4v) is 2.10. The third-order valence-electron chi connectivity index (χ3n) is 3.63. The van der Waals surface area contributed by atoms with Gasteiger partial charge in [-0.1, -0.05) is 26.7 Å². The van der Waals surface area contributed by atoms with Crippen LogP contribution in [0.15, 0.2) is 27.8 Å². The fourth-order valence-electron chi connectivity index (χ4n) is 2.10. The normalized spacial score (nSPS) is 11.4. The smallest absolute Gasteiger partial charge is 0.216 e. The number of halogens is 1. The minimum atomic E-state index is 0. The number of aromatic nitrogens is 3. The maximum atomic E-state index is 5.27. The van der Waals surface area contributed by atoms with Gasteiger partial charge in [-0.05, 0) is 18.1 Å². The lowest BCUT2D eigenvalue weighted by atomic mass is 10.0. The molecular formula is C15H25IN6O. The number of aliphatic imine (C=N–C) groups is 1. The van der Waals surface area contributed by atoms with Crippen molar-refractivity contribution in [3.63, 3.8) is 0 Å². The topological polar surface area (TPSA) is 91.1 Å². The van der Waals surface area contributed by atoms with Crippen LogP contribution in [0.5, 0.6) is 0 Å². The molecule has 128 valence electrons. The van der Waals surface area contributed by atoms with Crippen LogP contribution in [0.25, 0.3) is 11.6 Å². The van der Waals surface area contributed by atoms with Crippen LogP contribution < -0.4 is 10.6 Å². The van der Waals surface area contributed by atoms with Crippen molar-refractivity contribution in [2.45, 2.75) is 33.2 Å². The van der Waals surface area contributed by atoms with Crippen molar-refractivity contribution < 1.29 is 4.42 Å². The molecule has 0 aromatic carbocycles. The standard InChI is InChI=1S/C15H24N6O.HI/c1-4-11(5-2)9-17-15(16-3)18-10-13-19-14(21-20-13)12-7-6-8-22-12;/h6-8,11H,4-5,9-10H2,1-3H3,(H2,16,17,18)(H,19,20,21);1H. The van der Waals surface area contributed by atoms with Crippen molar-refractivity contribution >= 4 is 29.9 Å². The average Bonchev–Trinajstić information content (AvgIpc) is 3.21. The Balaban J connectivity index is 0.00000264. The zero-order valence-electron chi connectivity index (χ0n) is 13.8. The minimum absolute atomic E-state index is 0. The third-order valence-corrected chi connectivity index (χ3v) is 3.63. The molecule has 8 heteroatoms. The molecule has 0 atom stereocenters. The second-order valence-corrected chi connectivity index (χ2v) is 5.07. The molecule has 0 radical (unpaired) electrons. The van der Waals surface area contributed by atoms with Crippen molar-refractivity contribution in [1.29, 1.82) is 0 Å². The fraction of sp³-hybridized carbons (Fsp3) is 0.533. The molecule has 0 bridgehead atoms. The highest BCUT2D eigenvalue weighted by Crippen LogP contribution is 2.14. The number of hydrogen-bond acceptors (Lipinski definition) is 4. The lowest BCUT2D eigenvalue weighted by Gasteiger charge is -2.16. The van der Waals surface area contributed by atoms with E-state index in [0.717, 1.165) is 31.2 Å². The van der Waals surface area contributed by atoms with Crippen LogP contribution in [0.1, 0.15) is 32.5 Å². The summed E-state index contributed by atoms with van der Waals surface area (Å²) in [4.78, 5) is 8.60. The van der Waals surface area contributed by atoms with Gasteiger partial charge in [-0.15, -0.1) is 29.1 Å². The van der Waals surface area contributed by atoms with Gasteiger partial charge in [-0.25, -0.2) is 4.98 Å². The monoisotopic (exact) mass is 432 g/mol. The van der Waals surface area contributed by atoms with Gasteiger partial charge in [0, 0.05) is 13.6 Å². The molecule has 0 fully saturated rings. The van der Waals surface area contributed by atoms with E-state index < -0.39 is 0 Å². The largest absolute Gasteiger partial charge is 0.461 e. The van der Waals surface area contributed by atoms with Crippen molar-refractivity contribution in [2.24, 2.45) is 10.9 Å². The Hall–Kier alpha value is -1.58. The zero-order valence-corrected chi connectivity index (χ0v) is 16.1. The Kier molecular flexibility index (Phi) is 8.67. The maximum absolute atomic E-state index is 5.27. The molecule has 0 aliphatic carbocycles. The number of hydrogen-bond donors (Lipinski definition) is 3. The van der Waals surface area contributed by atoms with E-state index in [9.17, 15) is 0 Å². The minimum Gasteiger partial charge on any atom is -0.461 e. The first-order valence-corrected chi connectivity index (χ1v) is 7.66. The number of aromatic amines is 1. The number of furan rings is 1.